The summed E-state index contributed by atoms with van der Waals surface area (Å²) in [6.45, 7) is 0.325. The Kier molecular flexibility index (Phi) is 6.48. The van der Waals surface area contributed by atoms with E-state index in [2.05, 4.69) is 10.1 Å². The molecular formula is C14H20N2O5. The molecular weight excluding hydrogens is 276 g/mol. The van der Waals surface area contributed by atoms with Crippen LogP contribution in [0.4, 0.5) is 5.69 Å². The molecule has 0 heterocycles. The van der Waals surface area contributed by atoms with E-state index in [0.29, 0.717) is 30.0 Å². The number of anilines is 1. The molecule has 7 heteroatoms. The lowest BCUT2D eigenvalue weighted by Gasteiger charge is -2.16. The van der Waals surface area contributed by atoms with E-state index in [4.69, 9.17) is 15.2 Å². The molecule has 1 rings (SSSR count). The molecule has 0 saturated heterocycles. The lowest BCUT2D eigenvalue weighted by atomic mass is 10.1. The van der Waals surface area contributed by atoms with Crippen molar-refractivity contribution in [3.8, 4) is 5.75 Å². The standard InChI is InChI=1S/C14H20N2O5/c1-19-7-6-11(14(18)21-3)16-13(17)9-4-5-10(15)12(8-9)20-2/h4-5,8,11H,6-7,15H2,1-3H3,(H,16,17)/t11-/m1/s1. The van der Waals surface area contributed by atoms with Gasteiger partial charge in [0.25, 0.3) is 5.91 Å². The van der Waals surface area contributed by atoms with E-state index in [1.165, 1.54) is 27.4 Å². The molecule has 0 radical (unpaired) electrons. The van der Waals surface area contributed by atoms with E-state index >= 15 is 0 Å². The van der Waals surface area contributed by atoms with Crippen molar-refractivity contribution in [2.75, 3.05) is 33.7 Å². The van der Waals surface area contributed by atoms with Gasteiger partial charge in [-0.25, -0.2) is 4.79 Å². The van der Waals surface area contributed by atoms with Gasteiger partial charge in [-0.05, 0) is 18.2 Å². The highest BCUT2D eigenvalue weighted by molar-refractivity contribution is 5.97. The number of amides is 1. The maximum atomic E-state index is 12.2. The lowest BCUT2D eigenvalue weighted by molar-refractivity contribution is -0.143. The first-order valence-corrected chi connectivity index (χ1v) is 6.34. The van der Waals surface area contributed by atoms with Crippen molar-refractivity contribution in [2.24, 2.45) is 0 Å². The quantitative estimate of drug-likeness (QED) is 0.564. The molecule has 1 aromatic rings. The number of nitrogen functional groups attached to an aromatic ring is 1. The summed E-state index contributed by atoms with van der Waals surface area (Å²) in [6.07, 6.45) is 0.320. The normalized spacial score (nSPS) is 11.6. The second kappa shape index (κ2) is 8.11. The minimum absolute atomic E-state index is 0.320. The van der Waals surface area contributed by atoms with Gasteiger partial charge in [0.2, 0.25) is 0 Å². The van der Waals surface area contributed by atoms with Crippen LogP contribution in [-0.2, 0) is 14.3 Å². The van der Waals surface area contributed by atoms with Crippen LogP contribution in [0.3, 0.4) is 0 Å². The summed E-state index contributed by atoms with van der Waals surface area (Å²) in [7, 11) is 4.24. The van der Waals surface area contributed by atoms with Gasteiger partial charge >= 0.3 is 5.97 Å². The Labute approximate surface area is 123 Å². The predicted molar refractivity (Wildman–Crippen MR) is 77.2 cm³/mol. The minimum atomic E-state index is -0.772. The Morgan fingerprint density at radius 1 is 1.29 bits per heavy atom. The van der Waals surface area contributed by atoms with Crippen molar-refractivity contribution in [2.45, 2.75) is 12.5 Å². The topological polar surface area (TPSA) is 99.9 Å². The van der Waals surface area contributed by atoms with Gasteiger partial charge in [0.1, 0.15) is 11.8 Å². The number of carbonyl (C=O) groups is 2. The molecule has 0 spiro atoms. The van der Waals surface area contributed by atoms with Crippen molar-refractivity contribution in [3.63, 3.8) is 0 Å². The summed E-state index contributed by atoms with van der Waals surface area (Å²) in [4.78, 5) is 23.8. The highest BCUT2D eigenvalue weighted by Gasteiger charge is 2.22. The van der Waals surface area contributed by atoms with Gasteiger partial charge < -0.3 is 25.3 Å². The van der Waals surface area contributed by atoms with Crippen LogP contribution in [0.2, 0.25) is 0 Å². The summed E-state index contributed by atoms with van der Waals surface area (Å²) >= 11 is 0. The molecule has 7 nitrogen and oxygen atoms in total. The number of nitrogens with two attached hydrogens (primary N) is 1. The van der Waals surface area contributed by atoms with E-state index in [1.54, 1.807) is 12.1 Å². The molecule has 0 aliphatic rings. The Morgan fingerprint density at radius 3 is 2.57 bits per heavy atom. The third-order valence-corrected chi connectivity index (χ3v) is 2.90. The van der Waals surface area contributed by atoms with Gasteiger partial charge in [-0.1, -0.05) is 0 Å². The van der Waals surface area contributed by atoms with Crippen LogP contribution < -0.4 is 15.8 Å². The zero-order valence-corrected chi connectivity index (χ0v) is 12.3. The van der Waals surface area contributed by atoms with Crippen LogP contribution in [0.1, 0.15) is 16.8 Å². The van der Waals surface area contributed by atoms with Gasteiger partial charge in [-0.15, -0.1) is 0 Å². The van der Waals surface area contributed by atoms with Gasteiger partial charge in [0.05, 0.1) is 19.9 Å². The Hall–Kier alpha value is -2.28. The predicted octanol–water partition coefficient (Wildman–Crippen LogP) is 0.585. The Bertz CT molecular complexity index is 504. The monoisotopic (exact) mass is 296 g/mol. The first kappa shape index (κ1) is 16.8. The highest BCUT2D eigenvalue weighted by Crippen LogP contribution is 2.22. The van der Waals surface area contributed by atoms with E-state index in [-0.39, 0.29) is 0 Å². The molecule has 3 N–H and O–H groups in total. The second-order valence-corrected chi connectivity index (χ2v) is 4.29. The number of nitrogens with one attached hydrogen (secondary N) is 1. The third-order valence-electron chi connectivity index (χ3n) is 2.90. The summed E-state index contributed by atoms with van der Waals surface area (Å²) < 4.78 is 14.6. The smallest absolute Gasteiger partial charge is 0.328 e. The van der Waals surface area contributed by atoms with Gasteiger partial charge in [0.15, 0.2) is 0 Å². The fourth-order valence-corrected chi connectivity index (χ4v) is 1.72. The molecule has 116 valence electrons. The van der Waals surface area contributed by atoms with Crippen LogP contribution >= 0.6 is 0 Å². The molecule has 21 heavy (non-hydrogen) atoms. The lowest BCUT2D eigenvalue weighted by Crippen LogP contribution is -2.42. The molecule has 0 aromatic heterocycles. The van der Waals surface area contributed by atoms with E-state index in [9.17, 15) is 9.59 Å². The molecule has 1 atom stereocenters. The fraction of sp³-hybridized carbons (Fsp3) is 0.429. The zero-order chi connectivity index (χ0) is 15.8. The van der Waals surface area contributed by atoms with Crippen molar-refractivity contribution in [1.82, 2.24) is 5.32 Å². The molecule has 0 fully saturated rings. The average Bonchev–Trinajstić information content (AvgIpc) is 2.50. The summed E-state index contributed by atoms with van der Waals surface area (Å²) in [5.74, 6) is -0.545. The van der Waals surface area contributed by atoms with Crippen LogP contribution in [0.15, 0.2) is 18.2 Å². The number of methoxy groups -OCH3 is 3. The molecule has 1 aromatic carbocycles. The first-order chi connectivity index (χ1) is 10.0. The summed E-state index contributed by atoms with van der Waals surface area (Å²) in [6, 6.07) is 3.86. The van der Waals surface area contributed by atoms with E-state index < -0.39 is 17.9 Å². The van der Waals surface area contributed by atoms with E-state index in [0.717, 1.165) is 0 Å². The van der Waals surface area contributed by atoms with Crippen LogP contribution in [0.25, 0.3) is 0 Å². The van der Waals surface area contributed by atoms with Crippen LogP contribution in [0, 0.1) is 0 Å². The van der Waals surface area contributed by atoms with Gasteiger partial charge in [-0.2, -0.15) is 0 Å². The Morgan fingerprint density at radius 2 is 2.00 bits per heavy atom. The Balaban J connectivity index is 2.83. The summed E-state index contributed by atoms with van der Waals surface area (Å²) in [5.41, 5.74) is 6.46. The number of benzene rings is 1. The molecule has 0 saturated carbocycles. The van der Waals surface area contributed by atoms with E-state index in [1.807, 2.05) is 0 Å². The van der Waals surface area contributed by atoms with Crippen LogP contribution in [-0.4, -0.2) is 45.9 Å². The molecule has 0 aliphatic heterocycles. The number of hydrogen-bond donors (Lipinski definition) is 2. The number of carbonyl (C=O) groups excluding carboxylic acids is 2. The number of ether oxygens (including phenoxy) is 3. The van der Waals surface area contributed by atoms with Crippen molar-refractivity contribution in [3.05, 3.63) is 23.8 Å². The average molecular weight is 296 g/mol. The maximum absolute atomic E-state index is 12.2. The van der Waals surface area contributed by atoms with Crippen LogP contribution in [0.5, 0.6) is 5.75 Å². The highest BCUT2D eigenvalue weighted by atomic mass is 16.5. The number of rotatable bonds is 7. The minimum Gasteiger partial charge on any atom is -0.495 e. The number of esters is 1. The first-order valence-electron chi connectivity index (χ1n) is 6.34. The SMILES string of the molecule is COCC[C@@H](NC(=O)c1ccc(N)c(OC)c1)C(=O)OC. The van der Waals surface area contributed by atoms with Gasteiger partial charge in [0, 0.05) is 25.7 Å². The third kappa shape index (κ3) is 4.64. The molecule has 0 unspecified atom stereocenters. The van der Waals surface area contributed by atoms with Crippen molar-refractivity contribution in [1.29, 1.82) is 0 Å². The molecule has 0 bridgehead atoms. The van der Waals surface area contributed by atoms with Gasteiger partial charge in [-0.3, -0.25) is 4.79 Å². The molecule has 1 amide bonds. The second-order valence-electron chi connectivity index (χ2n) is 4.29. The largest absolute Gasteiger partial charge is 0.495 e. The molecule has 0 aliphatic carbocycles. The van der Waals surface area contributed by atoms with Crippen molar-refractivity contribution >= 4 is 17.6 Å². The summed E-state index contributed by atoms with van der Waals surface area (Å²) in [5, 5.41) is 2.60. The number of hydrogen-bond acceptors (Lipinski definition) is 6. The maximum Gasteiger partial charge on any atom is 0.328 e. The fourth-order valence-electron chi connectivity index (χ4n) is 1.72. The zero-order valence-electron chi connectivity index (χ0n) is 12.3. The van der Waals surface area contributed by atoms with Crippen molar-refractivity contribution < 1.29 is 23.8 Å².